The molecule has 0 saturated carbocycles. The topological polar surface area (TPSA) is 89.7 Å². The Labute approximate surface area is 102 Å². The summed E-state index contributed by atoms with van der Waals surface area (Å²) in [5, 5.41) is 0. The number of carbonyl (C=O) groups is 1. The van der Waals surface area contributed by atoms with E-state index in [0.717, 1.165) is 12.8 Å². The molecule has 0 spiro atoms. The van der Waals surface area contributed by atoms with E-state index in [-0.39, 0.29) is 6.04 Å². The molecule has 0 bridgehead atoms. The van der Waals surface area contributed by atoms with Crippen molar-refractivity contribution in [2.24, 2.45) is 11.7 Å². The minimum atomic E-state index is -3.53. The summed E-state index contributed by atoms with van der Waals surface area (Å²) in [4.78, 5) is 11.0. The second kappa shape index (κ2) is 5.79. The number of esters is 1. The van der Waals surface area contributed by atoms with E-state index in [4.69, 9.17) is 5.73 Å². The van der Waals surface area contributed by atoms with Crippen LogP contribution in [0, 0.1) is 5.92 Å². The van der Waals surface area contributed by atoms with Gasteiger partial charge in [-0.15, -0.1) is 0 Å². The van der Waals surface area contributed by atoms with Crippen molar-refractivity contribution < 1.29 is 17.9 Å². The fourth-order valence-electron chi connectivity index (χ4n) is 1.98. The number of ether oxygens (including phenoxy) is 1. The number of carbonyl (C=O) groups excluding carboxylic acids is 1. The SMILES string of the molecule is COC(=O)CS(=O)(=O)N1CCC(C(C)N)CC1. The summed E-state index contributed by atoms with van der Waals surface area (Å²) >= 11 is 0. The lowest BCUT2D eigenvalue weighted by molar-refractivity contribution is -0.137. The van der Waals surface area contributed by atoms with Gasteiger partial charge in [-0.25, -0.2) is 12.7 Å². The molecule has 0 aromatic carbocycles. The third kappa shape index (κ3) is 3.93. The maximum Gasteiger partial charge on any atom is 0.322 e. The molecule has 0 aliphatic carbocycles. The van der Waals surface area contributed by atoms with Crippen LogP contribution < -0.4 is 5.73 Å². The number of sulfonamides is 1. The number of hydrogen-bond acceptors (Lipinski definition) is 5. The molecule has 17 heavy (non-hydrogen) atoms. The zero-order valence-electron chi connectivity index (χ0n) is 10.3. The van der Waals surface area contributed by atoms with E-state index in [1.807, 2.05) is 6.92 Å². The molecular formula is C10H20N2O4S. The molecule has 2 N–H and O–H groups in total. The van der Waals surface area contributed by atoms with Crippen LogP contribution in [0.15, 0.2) is 0 Å². The highest BCUT2D eigenvalue weighted by Crippen LogP contribution is 2.21. The molecule has 1 rings (SSSR count). The fourth-order valence-corrected chi connectivity index (χ4v) is 3.34. The molecule has 7 heteroatoms. The molecular weight excluding hydrogens is 244 g/mol. The average Bonchev–Trinajstić information content (AvgIpc) is 2.28. The van der Waals surface area contributed by atoms with Gasteiger partial charge in [0.05, 0.1) is 7.11 Å². The summed E-state index contributed by atoms with van der Waals surface area (Å²) in [7, 11) is -2.35. The molecule has 0 radical (unpaired) electrons. The standard InChI is InChI=1S/C10H20N2O4S/c1-8(11)9-3-5-12(6-4-9)17(14,15)7-10(13)16-2/h8-9H,3-7,11H2,1-2H3. The minimum absolute atomic E-state index is 0.0838. The fraction of sp³-hybridized carbons (Fsp3) is 0.900. The van der Waals surface area contributed by atoms with Gasteiger partial charge in [0.2, 0.25) is 10.0 Å². The molecule has 1 unspecified atom stereocenters. The molecule has 100 valence electrons. The monoisotopic (exact) mass is 264 g/mol. The van der Waals surface area contributed by atoms with Gasteiger partial charge >= 0.3 is 5.97 Å². The van der Waals surface area contributed by atoms with Gasteiger partial charge in [0.1, 0.15) is 0 Å². The van der Waals surface area contributed by atoms with Crippen molar-refractivity contribution in [2.45, 2.75) is 25.8 Å². The molecule has 0 amide bonds. The number of nitrogens with zero attached hydrogens (tertiary/aromatic N) is 1. The first-order valence-electron chi connectivity index (χ1n) is 5.67. The number of piperidine rings is 1. The van der Waals surface area contributed by atoms with Crippen molar-refractivity contribution in [3.05, 3.63) is 0 Å². The number of methoxy groups -OCH3 is 1. The molecule has 0 aromatic rings. The van der Waals surface area contributed by atoms with Crippen molar-refractivity contribution in [3.8, 4) is 0 Å². The highest BCUT2D eigenvalue weighted by molar-refractivity contribution is 7.89. The van der Waals surface area contributed by atoms with Crippen LogP contribution in [0.4, 0.5) is 0 Å². The van der Waals surface area contributed by atoms with Gasteiger partial charge in [-0.1, -0.05) is 0 Å². The summed E-state index contributed by atoms with van der Waals surface area (Å²) in [6.07, 6.45) is 1.50. The lowest BCUT2D eigenvalue weighted by Crippen LogP contribution is -2.44. The van der Waals surface area contributed by atoms with Crippen LogP contribution in [0.2, 0.25) is 0 Å². The Morgan fingerprint density at radius 3 is 2.41 bits per heavy atom. The lowest BCUT2D eigenvalue weighted by Gasteiger charge is -2.32. The molecule has 1 heterocycles. The third-order valence-corrected chi connectivity index (χ3v) is 4.92. The summed E-state index contributed by atoms with van der Waals surface area (Å²) < 4.78 is 29.4. The van der Waals surface area contributed by atoms with Crippen LogP contribution in [0.25, 0.3) is 0 Å². The minimum Gasteiger partial charge on any atom is -0.468 e. The van der Waals surface area contributed by atoms with Crippen LogP contribution >= 0.6 is 0 Å². The molecule has 1 atom stereocenters. The van der Waals surface area contributed by atoms with Gasteiger partial charge in [0, 0.05) is 19.1 Å². The highest BCUT2D eigenvalue weighted by atomic mass is 32.2. The Balaban J connectivity index is 2.56. The lowest BCUT2D eigenvalue weighted by atomic mass is 9.92. The largest absolute Gasteiger partial charge is 0.468 e. The van der Waals surface area contributed by atoms with Crippen LogP contribution in [-0.2, 0) is 19.6 Å². The molecule has 1 fully saturated rings. The second-order valence-electron chi connectivity index (χ2n) is 4.43. The van der Waals surface area contributed by atoms with E-state index in [1.54, 1.807) is 0 Å². The van der Waals surface area contributed by atoms with E-state index >= 15 is 0 Å². The molecule has 1 saturated heterocycles. The predicted molar refractivity (Wildman–Crippen MR) is 63.7 cm³/mol. The Hall–Kier alpha value is -0.660. The Morgan fingerprint density at radius 1 is 1.47 bits per heavy atom. The Bertz CT molecular complexity index is 359. The van der Waals surface area contributed by atoms with Gasteiger partial charge in [-0.05, 0) is 25.7 Å². The van der Waals surface area contributed by atoms with Gasteiger partial charge < -0.3 is 10.5 Å². The highest BCUT2D eigenvalue weighted by Gasteiger charge is 2.30. The Kier molecular flexibility index (Phi) is 4.91. The van der Waals surface area contributed by atoms with Gasteiger partial charge in [-0.2, -0.15) is 0 Å². The summed E-state index contributed by atoms with van der Waals surface area (Å²) in [6, 6.07) is 0.0838. The van der Waals surface area contributed by atoms with E-state index in [2.05, 4.69) is 4.74 Å². The van der Waals surface area contributed by atoms with E-state index in [9.17, 15) is 13.2 Å². The Morgan fingerprint density at radius 2 is 2.00 bits per heavy atom. The van der Waals surface area contributed by atoms with Crippen molar-refractivity contribution in [2.75, 3.05) is 26.0 Å². The van der Waals surface area contributed by atoms with E-state index in [0.29, 0.717) is 19.0 Å². The second-order valence-corrected chi connectivity index (χ2v) is 6.40. The van der Waals surface area contributed by atoms with Gasteiger partial charge in [-0.3, -0.25) is 4.79 Å². The van der Waals surface area contributed by atoms with Crippen molar-refractivity contribution in [1.82, 2.24) is 4.31 Å². The smallest absolute Gasteiger partial charge is 0.322 e. The first-order valence-corrected chi connectivity index (χ1v) is 7.28. The quantitative estimate of drug-likeness (QED) is 0.694. The first kappa shape index (κ1) is 14.4. The zero-order chi connectivity index (χ0) is 13.1. The summed E-state index contributed by atoms with van der Waals surface area (Å²) in [6.45, 7) is 2.81. The average molecular weight is 264 g/mol. The van der Waals surface area contributed by atoms with E-state index < -0.39 is 21.7 Å². The number of rotatable bonds is 4. The molecule has 6 nitrogen and oxygen atoms in total. The summed E-state index contributed by atoms with van der Waals surface area (Å²) in [5.41, 5.74) is 5.78. The normalized spacial score (nSPS) is 21.1. The molecule has 1 aliphatic heterocycles. The van der Waals surface area contributed by atoms with Crippen molar-refractivity contribution in [1.29, 1.82) is 0 Å². The van der Waals surface area contributed by atoms with Crippen LogP contribution in [-0.4, -0.2) is 50.7 Å². The maximum absolute atomic E-state index is 11.8. The van der Waals surface area contributed by atoms with Crippen LogP contribution in [0.1, 0.15) is 19.8 Å². The van der Waals surface area contributed by atoms with Crippen molar-refractivity contribution in [3.63, 3.8) is 0 Å². The van der Waals surface area contributed by atoms with Crippen LogP contribution in [0.5, 0.6) is 0 Å². The first-order chi connectivity index (χ1) is 7.86. The zero-order valence-corrected chi connectivity index (χ0v) is 11.1. The van der Waals surface area contributed by atoms with Crippen molar-refractivity contribution >= 4 is 16.0 Å². The maximum atomic E-state index is 11.8. The predicted octanol–water partition coefficient (Wildman–Crippen LogP) is -0.452. The van der Waals surface area contributed by atoms with Crippen LogP contribution in [0.3, 0.4) is 0 Å². The van der Waals surface area contributed by atoms with E-state index in [1.165, 1.54) is 11.4 Å². The number of hydrogen-bond donors (Lipinski definition) is 1. The van der Waals surface area contributed by atoms with Gasteiger partial charge in [0.25, 0.3) is 0 Å². The molecule has 1 aliphatic rings. The number of nitrogens with two attached hydrogens (primary N) is 1. The third-order valence-electron chi connectivity index (χ3n) is 3.16. The summed E-state index contributed by atoms with van der Waals surface area (Å²) in [5.74, 6) is -0.939. The van der Waals surface area contributed by atoms with Gasteiger partial charge in [0.15, 0.2) is 5.75 Å². The molecule has 0 aromatic heterocycles.